The van der Waals surface area contributed by atoms with E-state index >= 15 is 0 Å². The minimum absolute atomic E-state index is 0.00766. The Balaban J connectivity index is 1.53. The molecule has 0 saturated heterocycles. The zero-order valence-electron chi connectivity index (χ0n) is 15.0. The Hall–Kier alpha value is -2.32. The summed E-state index contributed by atoms with van der Waals surface area (Å²) in [6, 6.07) is 12.0. The number of benzene rings is 2. The van der Waals surface area contributed by atoms with E-state index in [1.54, 1.807) is 12.1 Å². The van der Waals surface area contributed by atoms with E-state index in [1.807, 2.05) is 32.0 Å². The van der Waals surface area contributed by atoms with Crippen molar-refractivity contribution in [3.63, 3.8) is 0 Å². The highest BCUT2D eigenvalue weighted by Crippen LogP contribution is 2.29. The first-order valence-corrected chi connectivity index (χ1v) is 10.7. The van der Waals surface area contributed by atoms with Crippen molar-refractivity contribution < 1.29 is 22.7 Å². The Bertz CT molecular complexity index is 1000. The van der Waals surface area contributed by atoms with Gasteiger partial charge in [0.25, 0.3) is 15.9 Å². The molecule has 1 heterocycles. The van der Waals surface area contributed by atoms with Crippen LogP contribution in [0.3, 0.4) is 0 Å². The maximum atomic E-state index is 12.4. The van der Waals surface area contributed by atoms with Crippen molar-refractivity contribution in [1.82, 2.24) is 4.31 Å². The summed E-state index contributed by atoms with van der Waals surface area (Å²) in [5.74, 6) is -0.932. The van der Waals surface area contributed by atoms with Crippen LogP contribution in [0, 0.1) is 13.8 Å². The number of esters is 1. The number of sulfonamides is 1. The second kappa shape index (κ2) is 7.74. The van der Waals surface area contributed by atoms with E-state index < -0.39 is 21.9 Å². The fraction of sp³-hybridized carbons (Fsp3) is 0.263. The Morgan fingerprint density at radius 3 is 2.59 bits per heavy atom. The number of amides is 1. The highest BCUT2D eigenvalue weighted by Gasteiger charge is 2.40. The third-order valence-electron chi connectivity index (χ3n) is 4.15. The molecule has 0 N–H and O–H groups in total. The van der Waals surface area contributed by atoms with Crippen molar-refractivity contribution in [3.8, 4) is 0 Å². The van der Waals surface area contributed by atoms with E-state index in [4.69, 9.17) is 4.74 Å². The van der Waals surface area contributed by atoms with Gasteiger partial charge < -0.3 is 4.74 Å². The first kappa shape index (κ1) is 19.4. The maximum Gasteiger partial charge on any atom is 0.316 e. The zero-order valence-corrected chi connectivity index (χ0v) is 16.6. The largest absolute Gasteiger partial charge is 0.463 e. The summed E-state index contributed by atoms with van der Waals surface area (Å²) in [6.45, 7) is 3.60. The van der Waals surface area contributed by atoms with Crippen LogP contribution in [0.2, 0.25) is 0 Å². The highest BCUT2D eigenvalue weighted by atomic mass is 32.2. The summed E-state index contributed by atoms with van der Waals surface area (Å²) >= 11 is 1.36. The molecule has 0 radical (unpaired) electrons. The van der Waals surface area contributed by atoms with Gasteiger partial charge in [-0.1, -0.05) is 29.8 Å². The molecule has 0 atom stereocenters. The van der Waals surface area contributed by atoms with Gasteiger partial charge in [0, 0.05) is 4.90 Å². The number of thioether (sulfide) groups is 1. The van der Waals surface area contributed by atoms with Crippen LogP contribution in [-0.4, -0.2) is 43.5 Å². The highest BCUT2D eigenvalue weighted by molar-refractivity contribution is 8.00. The lowest BCUT2D eigenvalue weighted by molar-refractivity contribution is -0.140. The second-order valence-electron chi connectivity index (χ2n) is 6.16. The number of rotatable bonds is 6. The zero-order chi connectivity index (χ0) is 19.6. The summed E-state index contributed by atoms with van der Waals surface area (Å²) in [6.07, 6.45) is 0. The van der Waals surface area contributed by atoms with Crippen LogP contribution < -0.4 is 0 Å². The molecule has 8 heteroatoms. The van der Waals surface area contributed by atoms with Crippen LogP contribution in [0.1, 0.15) is 21.5 Å². The summed E-state index contributed by atoms with van der Waals surface area (Å²) in [4.78, 5) is 25.2. The van der Waals surface area contributed by atoms with Gasteiger partial charge in [0.05, 0.1) is 17.9 Å². The molecule has 142 valence electrons. The molecule has 0 saturated carbocycles. The van der Waals surface area contributed by atoms with Crippen LogP contribution in [0.4, 0.5) is 0 Å². The molecule has 0 spiro atoms. The van der Waals surface area contributed by atoms with Crippen molar-refractivity contribution in [2.75, 3.05) is 18.9 Å². The monoisotopic (exact) mass is 405 g/mol. The Morgan fingerprint density at radius 1 is 1.15 bits per heavy atom. The van der Waals surface area contributed by atoms with Crippen LogP contribution in [-0.2, 0) is 19.6 Å². The third-order valence-corrected chi connectivity index (χ3v) is 7.14. The molecular weight excluding hydrogens is 386 g/mol. The average molecular weight is 405 g/mol. The molecule has 3 rings (SSSR count). The molecule has 1 amide bonds. The normalized spacial score (nSPS) is 14.9. The van der Waals surface area contributed by atoms with Crippen LogP contribution >= 0.6 is 11.8 Å². The molecule has 0 aliphatic carbocycles. The fourth-order valence-electron chi connectivity index (χ4n) is 2.83. The molecule has 2 aromatic carbocycles. The Morgan fingerprint density at radius 2 is 1.89 bits per heavy atom. The lowest BCUT2D eigenvalue weighted by Crippen LogP contribution is -2.33. The molecule has 2 aromatic rings. The smallest absolute Gasteiger partial charge is 0.316 e. The number of hydrogen-bond acceptors (Lipinski definition) is 6. The summed E-state index contributed by atoms with van der Waals surface area (Å²) in [5, 5.41) is 0. The first-order chi connectivity index (χ1) is 12.8. The van der Waals surface area contributed by atoms with Crippen LogP contribution in [0.5, 0.6) is 0 Å². The van der Waals surface area contributed by atoms with Gasteiger partial charge in [-0.25, -0.2) is 12.7 Å². The number of fused-ring (bicyclic) bond motifs is 1. The van der Waals surface area contributed by atoms with Gasteiger partial charge in [0.2, 0.25) is 0 Å². The third kappa shape index (κ3) is 4.01. The molecule has 27 heavy (non-hydrogen) atoms. The van der Waals surface area contributed by atoms with E-state index in [0.29, 0.717) is 0 Å². The molecule has 0 aromatic heterocycles. The van der Waals surface area contributed by atoms with Gasteiger partial charge in [-0.05, 0) is 37.6 Å². The van der Waals surface area contributed by atoms with Crippen molar-refractivity contribution >= 4 is 33.7 Å². The van der Waals surface area contributed by atoms with E-state index in [-0.39, 0.29) is 29.4 Å². The predicted molar refractivity (Wildman–Crippen MR) is 102 cm³/mol. The lowest BCUT2D eigenvalue weighted by atomic mass is 10.2. The lowest BCUT2D eigenvalue weighted by Gasteiger charge is -2.15. The van der Waals surface area contributed by atoms with Gasteiger partial charge in [0.1, 0.15) is 11.5 Å². The number of hydrogen-bond donors (Lipinski definition) is 0. The second-order valence-corrected chi connectivity index (χ2v) is 9.00. The fourth-order valence-corrected chi connectivity index (χ4v) is 5.19. The molecule has 6 nitrogen and oxygen atoms in total. The molecular formula is C19H19NO5S2. The van der Waals surface area contributed by atoms with E-state index in [9.17, 15) is 18.0 Å². The average Bonchev–Trinajstić information content (AvgIpc) is 2.82. The van der Waals surface area contributed by atoms with Crippen LogP contribution in [0.15, 0.2) is 52.3 Å². The van der Waals surface area contributed by atoms with Crippen LogP contribution in [0.25, 0.3) is 0 Å². The van der Waals surface area contributed by atoms with Gasteiger partial charge >= 0.3 is 5.97 Å². The Labute approximate surface area is 162 Å². The number of carbonyl (C=O) groups excluding carboxylic acids is 2. The van der Waals surface area contributed by atoms with Gasteiger partial charge in [-0.3, -0.25) is 9.59 Å². The Kier molecular flexibility index (Phi) is 5.57. The van der Waals surface area contributed by atoms with Gasteiger partial charge in [0.15, 0.2) is 0 Å². The standard InChI is InChI=1S/C19H19NO5S2/c1-13-7-8-16(14(2)11-13)26-12-18(21)25-10-9-20-19(22)15-5-3-4-6-17(15)27(20,23)24/h3-8,11H,9-10,12H2,1-2H3. The predicted octanol–water partition coefficient (Wildman–Crippen LogP) is 2.78. The molecule has 1 aliphatic heterocycles. The van der Waals surface area contributed by atoms with E-state index in [0.717, 1.165) is 20.3 Å². The van der Waals surface area contributed by atoms with Crippen molar-refractivity contribution in [1.29, 1.82) is 0 Å². The van der Waals surface area contributed by atoms with E-state index in [1.165, 1.54) is 23.9 Å². The molecule has 1 aliphatic rings. The summed E-state index contributed by atoms with van der Waals surface area (Å²) in [7, 11) is -3.87. The van der Waals surface area contributed by atoms with Gasteiger partial charge in [-0.15, -0.1) is 11.8 Å². The van der Waals surface area contributed by atoms with Crippen molar-refractivity contribution in [3.05, 3.63) is 59.2 Å². The number of aryl methyl sites for hydroxylation is 2. The van der Waals surface area contributed by atoms with Crippen molar-refractivity contribution in [2.24, 2.45) is 0 Å². The quantitative estimate of drug-likeness (QED) is 0.543. The first-order valence-electron chi connectivity index (χ1n) is 8.32. The number of carbonyl (C=O) groups is 2. The minimum Gasteiger partial charge on any atom is -0.463 e. The SMILES string of the molecule is Cc1ccc(SCC(=O)OCCN2C(=O)c3ccccc3S2(=O)=O)c(C)c1. The number of ether oxygens (including phenoxy) is 1. The summed E-state index contributed by atoms with van der Waals surface area (Å²) in [5.41, 5.74) is 2.38. The number of nitrogens with zero attached hydrogens (tertiary/aromatic N) is 1. The van der Waals surface area contributed by atoms with E-state index in [2.05, 4.69) is 0 Å². The molecule has 0 fully saturated rings. The topological polar surface area (TPSA) is 80.8 Å². The minimum atomic E-state index is -3.87. The van der Waals surface area contributed by atoms with Crippen molar-refractivity contribution in [2.45, 2.75) is 23.6 Å². The maximum absolute atomic E-state index is 12.4. The molecule has 0 unspecified atom stereocenters. The summed E-state index contributed by atoms with van der Waals surface area (Å²) < 4.78 is 30.7. The molecule has 0 bridgehead atoms. The van der Waals surface area contributed by atoms with Gasteiger partial charge in [-0.2, -0.15) is 0 Å².